The summed E-state index contributed by atoms with van der Waals surface area (Å²) in [4.78, 5) is -0.00488. The van der Waals surface area contributed by atoms with Crippen LogP contribution in [-0.4, -0.2) is 34.2 Å². The van der Waals surface area contributed by atoms with Gasteiger partial charge in [0.25, 0.3) is 10.0 Å². The fraction of sp³-hybridized carbons (Fsp3) is 0.235. The molecular weight excluding hydrogens is 374 g/mol. The van der Waals surface area contributed by atoms with Gasteiger partial charge in [0.1, 0.15) is 0 Å². The molecule has 0 spiro atoms. The van der Waals surface area contributed by atoms with Gasteiger partial charge in [-0.15, -0.1) is 0 Å². The maximum atomic E-state index is 12.6. The number of rotatable bonds is 7. The Morgan fingerprint density at radius 3 is 2.12 bits per heavy atom. The first-order valence-electron chi connectivity index (χ1n) is 7.87. The summed E-state index contributed by atoms with van der Waals surface area (Å²) in [6.07, 6.45) is 0. The molecule has 2 aromatic rings. The predicted molar refractivity (Wildman–Crippen MR) is 98.5 cm³/mol. The van der Waals surface area contributed by atoms with Crippen molar-refractivity contribution in [1.82, 2.24) is 4.31 Å². The topological polar surface area (TPSA) is 107 Å². The molecule has 138 valence electrons. The highest BCUT2D eigenvalue weighted by molar-refractivity contribution is 7.92. The first-order chi connectivity index (χ1) is 12.2. The highest BCUT2D eigenvalue weighted by Crippen LogP contribution is 2.22. The Balaban J connectivity index is 2.34. The Bertz CT molecular complexity index is 1020. The van der Waals surface area contributed by atoms with Gasteiger partial charge in [-0.05, 0) is 42.5 Å². The van der Waals surface area contributed by atoms with Crippen molar-refractivity contribution < 1.29 is 16.8 Å². The molecule has 0 unspecified atom stereocenters. The summed E-state index contributed by atoms with van der Waals surface area (Å²) in [7, 11) is -7.59. The van der Waals surface area contributed by atoms with E-state index in [0.29, 0.717) is 18.7 Å². The average Bonchev–Trinajstić information content (AvgIpc) is 2.62. The van der Waals surface area contributed by atoms with Crippen LogP contribution in [0.25, 0.3) is 0 Å². The van der Waals surface area contributed by atoms with E-state index in [2.05, 4.69) is 4.72 Å². The SMILES string of the molecule is CCN(CC)S(=O)(=O)c1cccc(NS(=O)(=O)c2ccc(C#N)cc2)c1. The summed E-state index contributed by atoms with van der Waals surface area (Å²) < 4.78 is 53.7. The van der Waals surface area contributed by atoms with Gasteiger partial charge in [0.05, 0.1) is 27.1 Å². The fourth-order valence-corrected chi connectivity index (χ4v) is 4.91. The normalized spacial score (nSPS) is 11.9. The molecule has 0 aliphatic heterocycles. The molecule has 26 heavy (non-hydrogen) atoms. The molecule has 0 atom stereocenters. The van der Waals surface area contributed by atoms with Crippen LogP contribution in [0.5, 0.6) is 0 Å². The van der Waals surface area contributed by atoms with E-state index in [1.165, 1.54) is 52.8 Å². The van der Waals surface area contributed by atoms with Gasteiger partial charge in [0, 0.05) is 13.1 Å². The molecule has 0 amide bonds. The number of nitrogens with zero attached hydrogens (tertiary/aromatic N) is 2. The van der Waals surface area contributed by atoms with Crippen molar-refractivity contribution in [1.29, 1.82) is 5.26 Å². The summed E-state index contributed by atoms with van der Waals surface area (Å²) in [6.45, 7) is 4.11. The second-order valence-electron chi connectivity index (χ2n) is 5.36. The van der Waals surface area contributed by atoms with Crippen molar-refractivity contribution in [2.75, 3.05) is 17.8 Å². The Kier molecular flexibility index (Phi) is 6.02. The Morgan fingerprint density at radius 1 is 0.962 bits per heavy atom. The van der Waals surface area contributed by atoms with Gasteiger partial charge in [-0.3, -0.25) is 4.72 Å². The van der Waals surface area contributed by atoms with E-state index in [0.717, 1.165) is 0 Å². The Labute approximate surface area is 154 Å². The van der Waals surface area contributed by atoms with Gasteiger partial charge in [-0.1, -0.05) is 19.9 Å². The van der Waals surface area contributed by atoms with Crippen LogP contribution in [0.4, 0.5) is 5.69 Å². The average molecular weight is 393 g/mol. The molecule has 0 fully saturated rings. The molecule has 0 heterocycles. The zero-order valence-corrected chi connectivity index (χ0v) is 16.0. The van der Waals surface area contributed by atoms with E-state index in [1.54, 1.807) is 13.8 Å². The number of nitriles is 1. The standard InChI is InChI=1S/C17H19N3O4S2/c1-3-20(4-2)26(23,24)17-7-5-6-15(12-17)19-25(21,22)16-10-8-14(13-18)9-11-16/h5-12,19H,3-4H2,1-2H3. The van der Waals surface area contributed by atoms with E-state index >= 15 is 0 Å². The van der Waals surface area contributed by atoms with E-state index in [4.69, 9.17) is 5.26 Å². The van der Waals surface area contributed by atoms with Crippen LogP contribution in [0.2, 0.25) is 0 Å². The summed E-state index contributed by atoms with van der Waals surface area (Å²) in [5.41, 5.74) is 0.485. The van der Waals surface area contributed by atoms with Gasteiger partial charge in [-0.2, -0.15) is 9.57 Å². The van der Waals surface area contributed by atoms with Crippen molar-refractivity contribution in [2.24, 2.45) is 0 Å². The third-order valence-corrected chi connectivity index (χ3v) is 7.17. The minimum atomic E-state index is -3.90. The molecule has 0 bridgehead atoms. The highest BCUT2D eigenvalue weighted by atomic mass is 32.2. The van der Waals surface area contributed by atoms with Crippen molar-refractivity contribution in [3.63, 3.8) is 0 Å². The molecule has 9 heteroatoms. The van der Waals surface area contributed by atoms with E-state index in [1.807, 2.05) is 6.07 Å². The summed E-state index contributed by atoms with van der Waals surface area (Å²) >= 11 is 0. The first kappa shape index (κ1) is 19.9. The molecular formula is C17H19N3O4S2. The molecule has 0 radical (unpaired) electrons. The molecule has 0 saturated heterocycles. The van der Waals surface area contributed by atoms with Gasteiger partial charge < -0.3 is 0 Å². The second kappa shape index (κ2) is 7.86. The van der Waals surface area contributed by atoms with Crippen LogP contribution in [-0.2, 0) is 20.0 Å². The third-order valence-electron chi connectivity index (χ3n) is 3.72. The summed E-state index contributed by atoms with van der Waals surface area (Å²) in [5.74, 6) is 0. The van der Waals surface area contributed by atoms with Crippen molar-refractivity contribution in [3.8, 4) is 6.07 Å². The van der Waals surface area contributed by atoms with Crippen molar-refractivity contribution >= 4 is 25.7 Å². The smallest absolute Gasteiger partial charge is 0.261 e. The van der Waals surface area contributed by atoms with Crippen LogP contribution in [0.1, 0.15) is 19.4 Å². The van der Waals surface area contributed by atoms with Crippen LogP contribution >= 0.6 is 0 Å². The van der Waals surface area contributed by atoms with Gasteiger partial charge in [0.2, 0.25) is 10.0 Å². The Morgan fingerprint density at radius 2 is 1.58 bits per heavy atom. The molecule has 0 aliphatic carbocycles. The lowest BCUT2D eigenvalue weighted by Crippen LogP contribution is -2.30. The zero-order chi connectivity index (χ0) is 19.4. The maximum Gasteiger partial charge on any atom is 0.261 e. The first-order valence-corrected chi connectivity index (χ1v) is 10.8. The van der Waals surface area contributed by atoms with Crippen molar-refractivity contribution in [2.45, 2.75) is 23.6 Å². The quantitative estimate of drug-likeness (QED) is 0.777. The number of hydrogen-bond donors (Lipinski definition) is 1. The minimum absolute atomic E-state index is 0.0150. The van der Waals surface area contributed by atoms with E-state index in [-0.39, 0.29) is 15.5 Å². The number of hydrogen-bond acceptors (Lipinski definition) is 5. The molecule has 0 saturated carbocycles. The fourth-order valence-electron chi connectivity index (χ4n) is 2.36. The largest absolute Gasteiger partial charge is 0.280 e. The van der Waals surface area contributed by atoms with Crippen molar-refractivity contribution in [3.05, 3.63) is 54.1 Å². The predicted octanol–water partition coefficient (Wildman–Crippen LogP) is 2.39. The molecule has 0 aliphatic rings. The van der Waals surface area contributed by atoms with Crippen LogP contribution < -0.4 is 4.72 Å². The number of nitrogens with one attached hydrogen (secondary N) is 1. The third kappa shape index (κ3) is 4.22. The number of benzene rings is 2. The van der Waals surface area contributed by atoms with E-state index in [9.17, 15) is 16.8 Å². The highest BCUT2D eigenvalue weighted by Gasteiger charge is 2.22. The Hall–Kier alpha value is -2.41. The van der Waals surface area contributed by atoms with E-state index < -0.39 is 20.0 Å². The lowest BCUT2D eigenvalue weighted by Gasteiger charge is -2.19. The lowest BCUT2D eigenvalue weighted by atomic mass is 10.2. The number of anilines is 1. The summed E-state index contributed by atoms with van der Waals surface area (Å²) in [5, 5.41) is 8.78. The van der Waals surface area contributed by atoms with Gasteiger partial charge >= 0.3 is 0 Å². The van der Waals surface area contributed by atoms with Crippen LogP contribution in [0.3, 0.4) is 0 Å². The molecule has 2 rings (SSSR count). The van der Waals surface area contributed by atoms with Gasteiger partial charge in [0.15, 0.2) is 0 Å². The molecule has 1 N–H and O–H groups in total. The number of sulfonamides is 2. The lowest BCUT2D eigenvalue weighted by molar-refractivity contribution is 0.445. The second-order valence-corrected chi connectivity index (χ2v) is 8.98. The zero-order valence-electron chi connectivity index (χ0n) is 14.4. The van der Waals surface area contributed by atoms with Crippen LogP contribution in [0.15, 0.2) is 58.3 Å². The van der Waals surface area contributed by atoms with Gasteiger partial charge in [-0.25, -0.2) is 16.8 Å². The van der Waals surface area contributed by atoms with Crippen LogP contribution in [0, 0.1) is 11.3 Å². The monoisotopic (exact) mass is 393 g/mol. The molecule has 2 aromatic carbocycles. The maximum absolute atomic E-state index is 12.6. The summed E-state index contributed by atoms with van der Waals surface area (Å²) in [6, 6.07) is 13.0. The minimum Gasteiger partial charge on any atom is -0.280 e. The molecule has 0 aromatic heterocycles. The molecule has 7 nitrogen and oxygen atoms in total.